The molecular weight excluding hydrogens is 196 g/mol. The molecule has 0 saturated heterocycles. The first kappa shape index (κ1) is 10.2. The van der Waals surface area contributed by atoms with Crippen LogP contribution in [0.2, 0.25) is 0 Å². The third-order valence-corrected chi connectivity index (χ3v) is 2.97. The SMILES string of the molecule is Cc1c(C(=O)O)cnn1C1CC(C)(O)C1. The van der Waals surface area contributed by atoms with Crippen molar-refractivity contribution in [2.75, 3.05) is 0 Å². The van der Waals surface area contributed by atoms with Gasteiger partial charge >= 0.3 is 5.97 Å². The van der Waals surface area contributed by atoms with Crippen molar-refractivity contribution in [1.82, 2.24) is 9.78 Å². The Morgan fingerprint density at radius 3 is 2.67 bits per heavy atom. The molecular formula is C10H14N2O3. The van der Waals surface area contributed by atoms with Crippen molar-refractivity contribution in [2.45, 2.75) is 38.3 Å². The summed E-state index contributed by atoms with van der Waals surface area (Å²) in [5.41, 5.74) is 0.274. The molecule has 0 atom stereocenters. The van der Waals surface area contributed by atoms with Gasteiger partial charge < -0.3 is 10.2 Å². The van der Waals surface area contributed by atoms with E-state index in [-0.39, 0.29) is 11.6 Å². The van der Waals surface area contributed by atoms with E-state index in [0.717, 1.165) is 0 Å². The second-order valence-corrected chi connectivity index (χ2v) is 4.45. The quantitative estimate of drug-likeness (QED) is 0.762. The highest BCUT2D eigenvalue weighted by Crippen LogP contribution is 2.41. The summed E-state index contributed by atoms with van der Waals surface area (Å²) in [4.78, 5) is 10.8. The number of carboxylic acid groups (broad SMARTS) is 1. The van der Waals surface area contributed by atoms with Crippen molar-refractivity contribution in [3.63, 3.8) is 0 Å². The maximum Gasteiger partial charge on any atom is 0.339 e. The summed E-state index contributed by atoms with van der Waals surface area (Å²) in [7, 11) is 0. The number of carboxylic acids is 1. The van der Waals surface area contributed by atoms with Gasteiger partial charge in [-0.2, -0.15) is 5.10 Å². The minimum Gasteiger partial charge on any atom is -0.478 e. The molecule has 1 aromatic heterocycles. The fraction of sp³-hybridized carbons (Fsp3) is 0.600. The van der Waals surface area contributed by atoms with Crippen LogP contribution < -0.4 is 0 Å². The Hall–Kier alpha value is -1.36. The van der Waals surface area contributed by atoms with Gasteiger partial charge in [-0.1, -0.05) is 0 Å². The topological polar surface area (TPSA) is 75.3 Å². The predicted octanol–water partition coefficient (Wildman–Crippen LogP) is 0.976. The Bertz CT molecular complexity index is 401. The molecule has 5 heteroatoms. The standard InChI is InChI=1S/C10H14N2O3/c1-6-8(9(13)14)5-11-12(6)7-3-10(2,15)4-7/h5,7,15H,3-4H2,1-2H3,(H,13,14). The van der Waals surface area contributed by atoms with Crippen LogP contribution in [-0.2, 0) is 0 Å². The fourth-order valence-corrected chi connectivity index (χ4v) is 2.13. The van der Waals surface area contributed by atoms with Crippen molar-refractivity contribution in [3.8, 4) is 0 Å². The van der Waals surface area contributed by atoms with Crippen molar-refractivity contribution in [3.05, 3.63) is 17.5 Å². The monoisotopic (exact) mass is 210 g/mol. The number of nitrogens with zero attached hydrogens (tertiary/aromatic N) is 2. The van der Waals surface area contributed by atoms with Gasteiger partial charge in [0.2, 0.25) is 0 Å². The molecule has 15 heavy (non-hydrogen) atoms. The third kappa shape index (κ3) is 1.63. The lowest BCUT2D eigenvalue weighted by Gasteiger charge is -2.41. The Morgan fingerprint density at radius 1 is 1.67 bits per heavy atom. The van der Waals surface area contributed by atoms with Crippen LogP contribution in [0.1, 0.15) is 41.9 Å². The van der Waals surface area contributed by atoms with Gasteiger partial charge in [-0.3, -0.25) is 4.68 Å². The summed E-state index contributed by atoms with van der Waals surface area (Å²) >= 11 is 0. The Kier molecular flexibility index (Phi) is 2.08. The lowest BCUT2D eigenvalue weighted by atomic mass is 9.77. The van der Waals surface area contributed by atoms with E-state index in [4.69, 9.17) is 5.11 Å². The molecule has 5 nitrogen and oxygen atoms in total. The maximum atomic E-state index is 10.8. The van der Waals surface area contributed by atoms with Crippen LogP contribution in [0.25, 0.3) is 0 Å². The van der Waals surface area contributed by atoms with Crippen molar-refractivity contribution >= 4 is 5.97 Å². The second kappa shape index (κ2) is 3.06. The lowest BCUT2D eigenvalue weighted by molar-refractivity contribution is -0.0548. The molecule has 0 aromatic carbocycles. The van der Waals surface area contributed by atoms with Gasteiger partial charge in [-0.25, -0.2) is 4.79 Å². The highest BCUT2D eigenvalue weighted by Gasteiger charge is 2.40. The van der Waals surface area contributed by atoms with Crippen LogP contribution in [0.15, 0.2) is 6.20 Å². The molecule has 2 rings (SSSR count). The highest BCUT2D eigenvalue weighted by atomic mass is 16.4. The number of aromatic nitrogens is 2. The molecule has 1 aliphatic rings. The van der Waals surface area contributed by atoms with Gasteiger partial charge in [0.1, 0.15) is 5.56 Å². The van der Waals surface area contributed by atoms with Gasteiger partial charge in [-0.15, -0.1) is 0 Å². The van der Waals surface area contributed by atoms with Gasteiger partial charge in [-0.05, 0) is 26.7 Å². The molecule has 1 heterocycles. The first-order valence-electron chi connectivity index (χ1n) is 4.90. The molecule has 82 valence electrons. The summed E-state index contributed by atoms with van der Waals surface area (Å²) in [6.07, 6.45) is 2.63. The number of aromatic carboxylic acids is 1. The zero-order chi connectivity index (χ0) is 11.2. The summed E-state index contributed by atoms with van der Waals surface area (Å²) < 4.78 is 1.70. The minimum absolute atomic E-state index is 0.132. The van der Waals surface area contributed by atoms with Crippen molar-refractivity contribution in [2.24, 2.45) is 0 Å². The van der Waals surface area contributed by atoms with Crippen LogP contribution >= 0.6 is 0 Å². The van der Waals surface area contributed by atoms with E-state index in [1.54, 1.807) is 18.5 Å². The first-order chi connectivity index (χ1) is 6.91. The molecule has 0 radical (unpaired) electrons. The average Bonchev–Trinajstić information content (AvgIpc) is 2.42. The Labute approximate surface area is 87.3 Å². The summed E-state index contributed by atoms with van der Waals surface area (Å²) in [5, 5.41) is 22.5. The van der Waals surface area contributed by atoms with Crippen LogP contribution in [0.3, 0.4) is 0 Å². The fourth-order valence-electron chi connectivity index (χ4n) is 2.13. The smallest absolute Gasteiger partial charge is 0.339 e. The minimum atomic E-state index is -0.954. The van der Waals surface area contributed by atoms with E-state index in [2.05, 4.69) is 5.10 Å². The number of aliphatic hydroxyl groups is 1. The molecule has 0 unspecified atom stereocenters. The molecule has 1 aliphatic carbocycles. The third-order valence-electron chi connectivity index (χ3n) is 2.97. The van der Waals surface area contributed by atoms with Gasteiger partial charge in [0.25, 0.3) is 0 Å². The Balaban J connectivity index is 2.21. The molecule has 0 aliphatic heterocycles. The number of hydrogen-bond donors (Lipinski definition) is 2. The number of hydrogen-bond acceptors (Lipinski definition) is 3. The average molecular weight is 210 g/mol. The molecule has 0 amide bonds. The normalized spacial score (nSPS) is 29.9. The second-order valence-electron chi connectivity index (χ2n) is 4.45. The van der Waals surface area contributed by atoms with Gasteiger partial charge in [0.05, 0.1) is 23.5 Å². The van der Waals surface area contributed by atoms with E-state index >= 15 is 0 Å². The van der Waals surface area contributed by atoms with Crippen LogP contribution in [0.4, 0.5) is 0 Å². The van der Waals surface area contributed by atoms with Crippen LogP contribution in [0, 0.1) is 6.92 Å². The highest BCUT2D eigenvalue weighted by molar-refractivity contribution is 5.88. The summed E-state index contributed by atoms with van der Waals surface area (Å²) in [6.45, 7) is 3.52. The van der Waals surface area contributed by atoms with E-state index in [0.29, 0.717) is 18.5 Å². The summed E-state index contributed by atoms with van der Waals surface area (Å²) in [6, 6.07) is 0.132. The van der Waals surface area contributed by atoms with Crippen molar-refractivity contribution in [1.29, 1.82) is 0 Å². The van der Waals surface area contributed by atoms with E-state index < -0.39 is 11.6 Å². The number of rotatable bonds is 2. The van der Waals surface area contributed by atoms with E-state index in [1.807, 2.05) is 0 Å². The first-order valence-corrected chi connectivity index (χ1v) is 4.90. The zero-order valence-corrected chi connectivity index (χ0v) is 8.77. The molecule has 1 saturated carbocycles. The van der Waals surface area contributed by atoms with E-state index in [1.165, 1.54) is 6.20 Å². The van der Waals surface area contributed by atoms with Crippen LogP contribution in [-0.4, -0.2) is 31.6 Å². The molecule has 0 bridgehead atoms. The van der Waals surface area contributed by atoms with Crippen LogP contribution in [0.5, 0.6) is 0 Å². The number of carbonyl (C=O) groups is 1. The van der Waals surface area contributed by atoms with Gasteiger partial charge in [0, 0.05) is 0 Å². The Morgan fingerprint density at radius 2 is 2.27 bits per heavy atom. The molecule has 2 N–H and O–H groups in total. The predicted molar refractivity (Wildman–Crippen MR) is 52.8 cm³/mol. The van der Waals surface area contributed by atoms with Crippen molar-refractivity contribution < 1.29 is 15.0 Å². The molecule has 0 spiro atoms. The van der Waals surface area contributed by atoms with E-state index in [9.17, 15) is 9.90 Å². The lowest BCUT2D eigenvalue weighted by Crippen LogP contribution is -2.42. The zero-order valence-electron chi connectivity index (χ0n) is 8.77. The largest absolute Gasteiger partial charge is 0.478 e. The summed E-state index contributed by atoms with van der Waals surface area (Å²) in [5.74, 6) is -0.954. The maximum absolute atomic E-state index is 10.8. The van der Waals surface area contributed by atoms with Gasteiger partial charge in [0.15, 0.2) is 0 Å². The molecule has 1 aromatic rings. The molecule has 1 fully saturated rings.